The van der Waals surface area contributed by atoms with Crippen molar-refractivity contribution < 1.29 is 9.84 Å². The fraction of sp³-hybridized carbons (Fsp3) is 0.565. The van der Waals surface area contributed by atoms with Gasteiger partial charge in [0.25, 0.3) is 0 Å². The van der Waals surface area contributed by atoms with E-state index in [0.717, 1.165) is 56.5 Å². The average molecular weight is 459 g/mol. The van der Waals surface area contributed by atoms with E-state index in [1.807, 2.05) is 27.7 Å². The van der Waals surface area contributed by atoms with E-state index in [2.05, 4.69) is 33.6 Å². The number of aliphatic hydroxyl groups excluding tert-OH is 1. The normalized spacial score (nSPS) is 12.3. The Morgan fingerprint density at radius 2 is 1.84 bits per heavy atom. The van der Waals surface area contributed by atoms with Gasteiger partial charge in [-0.05, 0) is 46.1 Å². The molecule has 0 saturated carbocycles. The number of pyridine rings is 1. The summed E-state index contributed by atoms with van der Waals surface area (Å²) in [6, 6.07) is 2.07. The molecule has 3 N–H and O–H groups in total. The third-order valence-electron chi connectivity index (χ3n) is 5.40. The van der Waals surface area contributed by atoms with E-state index in [4.69, 9.17) is 14.7 Å². The van der Waals surface area contributed by atoms with Crippen LogP contribution in [0.1, 0.15) is 43.8 Å². The van der Waals surface area contributed by atoms with E-state index in [-0.39, 0.29) is 12.5 Å². The van der Waals surface area contributed by atoms with Gasteiger partial charge in [0.1, 0.15) is 16.3 Å². The molecule has 0 bridgehead atoms. The lowest BCUT2D eigenvalue weighted by atomic mass is 10.0. The number of nitrogens with zero attached hydrogens (tertiary/aromatic N) is 4. The summed E-state index contributed by atoms with van der Waals surface area (Å²) in [4.78, 5) is 18.9. The molecule has 174 valence electrons. The lowest BCUT2D eigenvalue weighted by Crippen LogP contribution is -2.16. The fourth-order valence-corrected chi connectivity index (χ4v) is 4.78. The van der Waals surface area contributed by atoms with Crippen LogP contribution in [0.15, 0.2) is 6.07 Å². The number of hydrogen-bond donors (Lipinski definition) is 3. The summed E-state index contributed by atoms with van der Waals surface area (Å²) in [5.41, 5.74) is 4.61. The molecule has 0 aromatic carbocycles. The second-order valence-corrected chi connectivity index (χ2v) is 8.90. The number of hydrogen-bond acceptors (Lipinski definition) is 9. The van der Waals surface area contributed by atoms with Crippen LogP contribution in [0.5, 0.6) is 0 Å². The van der Waals surface area contributed by atoms with Gasteiger partial charge in [0, 0.05) is 32.0 Å². The van der Waals surface area contributed by atoms with Crippen molar-refractivity contribution in [3.8, 4) is 10.6 Å². The third kappa shape index (κ3) is 5.90. The smallest absolute Gasteiger partial charge is 0.224 e. The summed E-state index contributed by atoms with van der Waals surface area (Å²) < 4.78 is 6.52. The second-order valence-electron chi connectivity index (χ2n) is 7.87. The molecular weight excluding hydrogens is 424 g/mol. The molecule has 32 heavy (non-hydrogen) atoms. The molecule has 0 aliphatic heterocycles. The van der Waals surface area contributed by atoms with Crippen LogP contribution in [-0.2, 0) is 4.74 Å². The number of aryl methyl sites for hydroxylation is 3. The zero-order valence-electron chi connectivity index (χ0n) is 19.7. The molecule has 1 unspecified atom stereocenters. The predicted octanol–water partition coefficient (Wildman–Crippen LogP) is 4.34. The summed E-state index contributed by atoms with van der Waals surface area (Å²) in [7, 11) is 0. The van der Waals surface area contributed by atoms with Crippen LogP contribution in [-0.4, -0.2) is 58.0 Å². The Balaban J connectivity index is 1.94. The van der Waals surface area contributed by atoms with Crippen LogP contribution in [0.2, 0.25) is 0 Å². The van der Waals surface area contributed by atoms with Gasteiger partial charge in [-0.3, -0.25) is 4.98 Å². The molecule has 3 rings (SSSR count). The molecule has 0 fully saturated rings. The van der Waals surface area contributed by atoms with Crippen molar-refractivity contribution in [2.75, 3.05) is 43.5 Å². The summed E-state index contributed by atoms with van der Waals surface area (Å²) >= 11 is 1.63. The summed E-state index contributed by atoms with van der Waals surface area (Å²) in [6.45, 7) is 12.9. The number of nitrogens with one attached hydrogen (secondary N) is 2. The lowest BCUT2D eigenvalue weighted by Gasteiger charge is -2.16. The van der Waals surface area contributed by atoms with Gasteiger partial charge in [-0.1, -0.05) is 13.3 Å². The summed E-state index contributed by atoms with van der Waals surface area (Å²) in [5.74, 6) is 1.60. The van der Waals surface area contributed by atoms with Crippen molar-refractivity contribution >= 4 is 33.3 Å². The third-order valence-corrected chi connectivity index (χ3v) is 6.42. The van der Waals surface area contributed by atoms with Gasteiger partial charge >= 0.3 is 0 Å². The van der Waals surface area contributed by atoms with E-state index in [1.165, 1.54) is 0 Å². The highest BCUT2D eigenvalue weighted by atomic mass is 32.1. The van der Waals surface area contributed by atoms with Crippen LogP contribution >= 0.6 is 11.3 Å². The molecule has 8 nitrogen and oxygen atoms in total. The number of anilines is 2. The van der Waals surface area contributed by atoms with Crippen LogP contribution in [0, 0.1) is 26.7 Å². The maximum Gasteiger partial charge on any atom is 0.224 e. The minimum atomic E-state index is 0.196. The first-order chi connectivity index (χ1) is 15.5. The van der Waals surface area contributed by atoms with Gasteiger partial charge in [-0.2, -0.15) is 4.98 Å². The van der Waals surface area contributed by atoms with Gasteiger partial charge in [0.05, 0.1) is 28.3 Å². The highest BCUT2D eigenvalue weighted by molar-refractivity contribution is 7.21. The number of aromatic nitrogens is 4. The van der Waals surface area contributed by atoms with Crippen molar-refractivity contribution in [2.24, 2.45) is 5.92 Å². The van der Waals surface area contributed by atoms with Crippen LogP contribution in [0.4, 0.5) is 11.8 Å². The average Bonchev–Trinajstić information content (AvgIpc) is 3.18. The Hall–Kier alpha value is -2.36. The van der Waals surface area contributed by atoms with Crippen LogP contribution < -0.4 is 10.6 Å². The molecule has 3 aromatic heterocycles. The van der Waals surface area contributed by atoms with Crippen molar-refractivity contribution in [3.63, 3.8) is 0 Å². The van der Waals surface area contributed by atoms with Gasteiger partial charge in [-0.15, -0.1) is 11.3 Å². The molecule has 3 aromatic rings. The number of thiazole rings is 1. The number of ether oxygens (including phenoxy) is 1. The highest BCUT2D eigenvalue weighted by Gasteiger charge is 2.19. The Morgan fingerprint density at radius 1 is 1.03 bits per heavy atom. The number of rotatable bonds is 12. The van der Waals surface area contributed by atoms with E-state index in [9.17, 15) is 5.11 Å². The van der Waals surface area contributed by atoms with E-state index in [0.29, 0.717) is 32.3 Å². The van der Waals surface area contributed by atoms with Crippen LogP contribution in [0.3, 0.4) is 0 Å². The monoisotopic (exact) mass is 458 g/mol. The van der Waals surface area contributed by atoms with Crippen molar-refractivity contribution in [1.29, 1.82) is 0 Å². The standard InChI is InChI=1S/C23H34N6O2S/c1-6-17(13-30)8-9-24-21-19(15(4)27-23(29-21)25-10-11-31-7-2)22-28-20-16(5)26-14(3)12-18(20)32-22/h12,17,30H,6-11,13H2,1-5H3,(H2,24,25,27,29). The predicted molar refractivity (Wildman–Crippen MR) is 132 cm³/mol. The van der Waals surface area contributed by atoms with Gasteiger partial charge in [0.2, 0.25) is 5.95 Å². The summed E-state index contributed by atoms with van der Waals surface area (Å²) in [5, 5.41) is 17.1. The van der Waals surface area contributed by atoms with Crippen molar-refractivity contribution in [3.05, 3.63) is 23.1 Å². The minimum absolute atomic E-state index is 0.196. The largest absolute Gasteiger partial charge is 0.396 e. The van der Waals surface area contributed by atoms with Crippen LogP contribution in [0.25, 0.3) is 20.8 Å². The van der Waals surface area contributed by atoms with E-state index < -0.39 is 0 Å². The Bertz CT molecular complexity index is 1030. The molecule has 0 radical (unpaired) electrons. The van der Waals surface area contributed by atoms with Crippen molar-refractivity contribution in [2.45, 2.75) is 47.5 Å². The molecule has 1 atom stereocenters. The zero-order valence-corrected chi connectivity index (χ0v) is 20.5. The first-order valence-corrected chi connectivity index (χ1v) is 12.1. The first-order valence-electron chi connectivity index (χ1n) is 11.3. The Kier molecular flexibility index (Phi) is 8.72. The molecule has 9 heteroatoms. The van der Waals surface area contributed by atoms with Gasteiger partial charge in [0.15, 0.2) is 0 Å². The molecule has 0 aliphatic carbocycles. The molecule has 0 spiro atoms. The maximum absolute atomic E-state index is 9.52. The van der Waals surface area contributed by atoms with E-state index >= 15 is 0 Å². The first kappa shape index (κ1) is 24.3. The highest BCUT2D eigenvalue weighted by Crippen LogP contribution is 2.37. The molecule has 0 saturated heterocycles. The molecule has 3 heterocycles. The Morgan fingerprint density at radius 3 is 2.56 bits per heavy atom. The topological polar surface area (TPSA) is 105 Å². The Labute approximate surface area is 193 Å². The number of aliphatic hydroxyl groups is 1. The molecular formula is C23H34N6O2S. The van der Waals surface area contributed by atoms with Gasteiger partial charge < -0.3 is 20.5 Å². The van der Waals surface area contributed by atoms with Crippen molar-refractivity contribution in [1.82, 2.24) is 19.9 Å². The minimum Gasteiger partial charge on any atom is -0.396 e. The summed E-state index contributed by atoms with van der Waals surface area (Å²) in [6.07, 6.45) is 1.81. The molecule has 0 amide bonds. The SMILES string of the molecule is CCOCCNc1nc(C)c(-c2nc3c(C)nc(C)cc3s2)c(NCCC(CC)CO)n1. The number of fused-ring (bicyclic) bond motifs is 1. The second kappa shape index (κ2) is 11.5. The zero-order chi connectivity index (χ0) is 23.1. The maximum atomic E-state index is 9.52. The molecule has 0 aliphatic rings. The fourth-order valence-electron chi connectivity index (χ4n) is 3.57. The van der Waals surface area contributed by atoms with Gasteiger partial charge in [-0.25, -0.2) is 9.97 Å². The lowest BCUT2D eigenvalue weighted by molar-refractivity contribution is 0.158. The quantitative estimate of drug-likeness (QED) is 0.344. The van der Waals surface area contributed by atoms with E-state index in [1.54, 1.807) is 11.3 Å².